The van der Waals surface area contributed by atoms with Crippen LogP contribution in [-0.2, 0) is 6.54 Å². The van der Waals surface area contributed by atoms with Crippen LogP contribution >= 0.6 is 0 Å². The summed E-state index contributed by atoms with van der Waals surface area (Å²) in [6.45, 7) is 1.83. The van der Waals surface area contributed by atoms with E-state index in [-0.39, 0.29) is 24.1 Å². The molecule has 24 heavy (non-hydrogen) atoms. The second-order valence-corrected chi connectivity index (χ2v) is 4.98. The molecule has 0 spiro atoms. The summed E-state index contributed by atoms with van der Waals surface area (Å²) in [6, 6.07) is 9.79. The Hall–Kier alpha value is -2.77. The third kappa shape index (κ3) is 5.45. The fourth-order valence-corrected chi connectivity index (χ4v) is 1.84. The number of nitrogens with one attached hydrogen (secondary N) is 1. The monoisotopic (exact) mass is 341 g/mol. The van der Waals surface area contributed by atoms with Gasteiger partial charge in [-0.05, 0) is 48.4 Å². The number of ether oxygens (including phenoxy) is 1. The normalized spacial score (nSPS) is 12.1. The number of anilines is 1. The summed E-state index contributed by atoms with van der Waals surface area (Å²) in [6.07, 6.45) is -4.74. The standard InChI is InChI=1S/C16H15F4N3O/c1-10-2-3-11(8-14(10)17)9-22-15(21)23-12-4-6-13(7-5-12)24-16(18,19)20/h2-8H,9H2,1H3,(H3,21,22,23). The van der Waals surface area contributed by atoms with Crippen molar-refractivity contribution in [1.29, 1.82) is 0 Å². The lowest BCUT2D eigenvalue weighted by Gasteiger charge is -2.10. The molecule has 128 valence electrons. The van der Waals surface area contributed by atoms with E-state index in [4.69, 9.17) is 5.73 Å². The Balaban J connectivity index is 1.95. The first kappa shape index (κ1) is 17.6. The number of hydrogen-bond donors (Lipinski definition) is 2. The van der Waals surface area contributed by atoms with Crippen molar-refractivity contribution in [2.24, 2.45) is 10.7 Å². The minimum Gasteiger partial charge on any atom is -0.406 e. The topological polar surface area (TPSA) is 59.6 Å². The summed E-state index contributed by atoms with van der Waals surface area (Å²) in [5.74, 6) is -0.603. The van der Waals surface area contributed by atoms with Crippen molar-refractivity contribution in [3.05, 3.63) is 59.4 Å². The molecule has 0 aromatic heterocycles. The quantitative estimate of drug-likeness (QED) is 0.503. The molecule has 0 atom stereocenters. The summed E-state index contributed by atoms with van der Waals surface area (Å²) in [7, 11) is 0. The van der Waals surface area contributed by atoms with E-state index in [1.54, 1.807) is 19.1 Å². The van der Waals surface area contributed by atoms with Crippen molar-refractivity contribution in [1.82, 2.24) is 0 Å². The predicted octanol–water partition coefficient (Wildman–Crippen LogP) is 3.96. The molecule has 0 heterocycles. The van der Waals surface area contributed by atoms with E-state index < -0.39 is 6.36 Å². The van der Waals surface area contributed by atoms with E-state index in [0.717, 1.165) is 12.1 Å². The Morgan fingerprint density at radius 3 is 2.42 bits per heavy atom. The zero-order valence-corrected chi connectivity index (χ0v) is 12.7. The van der Waals surface area contributed by atoms with Gasteiger partial charge in [-0.15, -0.1) is 13.2 Å². The van der Waals surface area contributed by atoms with E-state index in [1.807, 2.05) is 0 Å². The van der Waals surface area contributed by atoms with Crippen LogP contribution in [0.2, 0.25) is 0 Å². The molecule has 0 aliphatic heterocycles. The Labute approximate surface area is 136 Å². The lowest BCUT2D eigenvalue weighted by atomic mass is 10.1. The number of alkyl halides is 3. The van der Waals surface area contributed by atoms with Crippen LogP contribution in [0.25, 0.3) is 0 Å². The van der Waals surface area contributed by atoms with Gasteiger partial charge in [0.05, 0.1) is 6.54 Å². The molecule has 0 fully saturated rings. The van der Waals surface area contributed by atoms with E-state index in [1.165, 1.54) is 18.2 Å². The third-order valence-corrected chi connectivity index (χ3v) is 3.03. The van der Waals surface area contributed by atoms with Gasteiger partial charge in [0.15, 0.2) is 5.96 Å². The molecule has 0 saturated heterocycles. The van der Waals surface area contributed by atoms with Crippen molar-refractivity contribution in [3.63, 3.8) is 0 Å². The maximum atomic E-state index is 13.4. The number of halogens is 4. The number of aryl methyl sites for hydroxylation is 1. The number of nitrogens with two attached hydrogens (primary N) is 1. The second kappa shape index (κ2) is 7.20. The van der Waals surface area contributed by atoms with Gasteiger partial charge in [0, 0.05) is 5.69 Å². The van der Waals surface area contributed by atoms with Crippen molar-refractivity contribution < 1.29 is 22.3 Å². The van der Waals surface area contributed by atoms with Crippen molar-refractivity contribution in [2.45, 2.75) is 19.8 Å². The molecule has 8 heteroatoms. The van der Waals surface area contributed by atoms with Crippen LogP contribution in [0, 0.1) is 12.7 Å². The van der Waals surface area contributed by atoms with Crippen LogP contribution in [0.15, 0.2) is 47.5 Å². The van der Waals surface area contributed by atoms with Crippen LogP contribution in [0.1, 0.15) is 11.1 Å². The van der Waals surface area contributed by atoms with Gasteiger partial charge in [0.25, 0.3) is 0 Å². The highest BCUT2D eigenvalue weighted by Gasteiger charge is 2.30. The first-order valence-corrected chi connectivity index (χ1v) is 6.91. The maximum Gasteiger partial charge on any atom is 0.573 e. The summed E-state index contributed by atoms with van der Waals surface area (Å²) in [5, 5.41) is 2.73. The molecule has 2 aromatic rings. The van der Waals surface area contributed by atoms with E-state index >= 15 is 0 Å². The molecule has 0 unspecified atom stereocenters. The molecule has 0 radical (unpaired) electrons. The van der Waals surface area contributed by atoms with Crippen molar-refractivity contribution in [2.75, 3.05) is 5.32 Å². The van der Waals surface area contributed by atoms with Crippen LogP contribution in [0.3, 0.4) is 0 Å². The van der Waals surface area contributed by atoms with Gasteiger partial charge in [0.2, 0.25) is 0 Å². The third-order valence-electron chi connectivity index (χ3n) is 3.03. The van der Waals surface area contributed by atoms with Gasteiger partial charge < -0.3 is 15.8 Å². The molecule has 2 aromatic carbocycles. The van der Waals surface area contributed by atoms with Gasteiger partial charge >= 0.3 is 6.36 Å². The zero-order valence-electron chi connectivity index (χ0n) is 12.7. The molecule has 0 saturated carbocycles. The van der Waals surface area contributed by atoms with Crippen molar-refractivity contribution >= 4 is 11.6 Å². The lowest BCUT2D eigenvalue weighted by molar-refractivity contribution is -0.274. The number of aliphatic imine (C=N–C) groups is 1. The number of nitrogens with zero attached hydrogens (tertiary/aromatic N) is 1. The highest BCUT2D eigenvalue weighted by atomic mass is 19.4. The lowest BCUT2D eigenvalue weighted by Crippen LogP contribution is -2.22. The van der Waals surface area contributed by atoms with Crippen LogP contribution < -0.4 is 15.8 Å². The Morgan fingerprint density at radius 1 is 1.17 bits per heavy atom. The van der Waals surface area contributed by atoms with Crippen LogP contribution in [0.5, 0.6) is 5.75 Å². The Bertz CT molecular complexity index is 727. The molecule has 2 rings (SSSR count). The number of guanidine groups is 1. The summed E-state index contributed by atoms with van der Waals surface area (Å²) >= 11 is 0. The highest BCUT2D eigenvalue weighted by molar-refractivity contribution is 5.92. The van der Waals surface area contributed by atoms with Gasteiger partial charge in [-0.1, -0.05) is 12.1 Å². The SMILES string of the molecule is Cc1ccc(CN=C(N)Nc2ccc(OC(F)(F)F)cc2)cc1F. The largest absolute Gasteiger partial charge is 0.573 e. The Kier molecular flexibility index (Phi) is 5.28. The molecule has 0 bridgehead atoms. The molecular formula is C16H15F4N3O. The van der Waals surface area contributed by atoms with Gasteiger partial charge in [-0.3, -0.25) is 0 Å². The summed E-state index contributed by atoms with van der Waals surface area (Å²) in [4.78, 5) is 4.05. The zero-order chi connectivity index (χ0) is 17.7. The van der Waals surface area contributed by atoms with Gasteiger partial charge in [-0.25, -0.2) is 9.38 Å². The average molecular weight is 341 g/mol. The first-order valence-electron chi connectivity index (χ1n) is 6.91. The molecule has 0 aliphatic carbocycles. The average Bonchev–Trinajstić information content (AvgIpc) is 2.49. The second-order valence-electron chi connectivity index (χ2n) is 4.98. The number of benzene rings is 2. The van der Waals surface area contributed by atoms with Crippen LogP contribution in [0.4, 0.5) is 23.2 Å². The Morgan fingerprint density at radius 2 is 1.83 bits per heavy atom. The van der Waals surface area contributed by atoms with E-state index in [0.29, 0.717) is 16.8 Å². The first-order chi connectivity index (χ1) is 11.2. The van der Waals surface area contributed by atoms with Gasteiger partial charge in [-0.2, -0.15) is 0 Å². The molecule has 0 aliphatic rings. The molecule has 4 nitrogen and oxygen atoms in total. The summed E-state index contributed by atoms with van der Waals surface area (Å²) in [5.41, 5.74) is 7.33. The predicted molar refractivity (Wildman–Crippen MR) is 83.2 cm³/mol. The van der Waals surface area contributed by atoms with E-state index in [2.05, 4.69) is 15.0 Å². The fourth-order valence-electron chi connectivity index (χ4n) is 1.84. The van der Waals surface area contributed by atoms with E-state index in [9.17, 15) is 17.6 Å². The fraction of sp³-hybridized carbons (Fsp3) is 0.188. The number of hydrogen-bond acceptors (Lipinski definition) is 2. The highest BCUT2D eigenvalue weighted by Crippen LogP contribution is 2.23. The van der Waals surface area contributed by atoms with Gasteiger partial charge in [0.1, 0.15) is 11.6 Å². The minimum absolute atomic E-state index is 0.0560. The number of rotatable bonds is 4. The molecular weight excluding hydrogens is 326 g/mol. The molecule has 3 N–H and O–H groups in total. The smallest absolute Gasteiger partial charge is 0.406 e. The maximum absolute atomic E-state index is 13.4. The molecule has 0 amide bonds. The summed E-state index contributed by atoms with van der Waals surface area (Å²) < 4.78 is 53.4. The minimum atomic E-state index is -4.74. The van der Waals surface area contributed by atoms with Crippen LogP contribution in [-0.4, -0.2) is 12.3 Å². The van der Waals surface area contributed by atoms with Crippen molar-refractivity contribution in [3.8, 4) is 5.75 Å².